The highest BCUT2D eigenvalue weighted by atomic mass is 35.5. The highest BCUT2D eigenvalue weighted by Crippen LogP contribution is 2.19. The van der Waals surface area contributed by atoms with Gasteiger partial charge in [0.1, 0.15) is 5.75 Å². The molecule has 1 amide bonds. The van der Waals surface area contributed by atoms with Gasteiger partial charge in [-0.3, -0.25) is 4.79 Å². The van der Waals surface area contributed by atoms with Gasteiger partial charge in [0.2, 0.25) is 0 Å². The van der Waals surface area contributed by atoms with E-state index in [0.29, 0.717) is 17.3 Å². The van der Waals surface area contributed by atoms with E-state index < -0.39 is 0 Å². The summed E-state index contributed by atoms with van der Waals surface area (Å²) in [5, 5.41) is 3.89. The van der Waals surface area contributed by atoms with Crippen LogP contribution < -0.4 is 10.1 Å². The topological polar surface area (TPSA) is 41.6 Å². The van der Waals surface area contributed by atoms with Crippen LogP contribution in [0.25, 0.3) is 0 Å². The van der Waals surface area contributed by atoms with Crippen molar-refractivity contribution < 1.29 is 9.53 Å². The SMILES string of the molecule is CC1(C)CNCCN1C(=O)COc1cccc(Cl)c1. The van der Waals surface area contributed by atoms with Crippen molar-refractivity contribution in [3.8, 4) is 5.75 Å². The van der Waals surface area contributed by atoms with E-state index in [1.807, 2.05) is 4.90 Å². The first-order valence-corrected chi connectivity index (χ1v) is 6.76. The quantitative estimate of drug-likeness (QED) is 0.921. The summed E-state index contributed by atoms with van der Waals surface area (Å²) in [7, 11) is 0. The summed E-state index contributed by atoms with van der Waals surface area (Å²) in [4.78, 5) is 14.1. The normalized spacial score (nSPS) is 18.2. The lowest BCUT2D eigenvalue weighted by Gasteiger charge is -2.42. The number of carbonyl (C=O) groups is 1. The van der Waals surface area contributed by atoms with E-state index in [4.69, 9.17) is 16.3 Å². The fourth-order valence-electron chi connectivity index (χ4n) is 2.23. The number of piperazine rings is 1. The van der Waals surface area contributed by atoms with Crippen LogP contribution in [-0.2, 0) is 4.79 Å². The Labute approximate surface area is 118 Å². The van der Waals surface area contributed by atoms with Crippen molar-refractivity contribution in [2.75, 3.05) is 26.2 Å². The van der Waals surface area contributed by atoms with Crippen LogP contribution in [0.15, 0.2) is 24.3 Å². The maximum Gasteiger partial charge on any atom is 0.261 e. The molecule has 1 fully saturated rings. The van der Waals surface area contributed by atoms with Crippen molar-refractivity contribution in [2.24, 2.45) is 0 Å². The van der Waals surface area contributed by atoms with Gasteiger partial charge in [0, 0.05) is 30.2 Å². The number of benzene rings is 1. The van der Waals surface area contributed by atoms with Gasteiger partial charge in [-0.2, -0.15) is 0 Å². The maximum atomic E-state index is 12.2. The molecule has 1 N–H and O–H groups in total. The van der Waals surface area contributed by atoms with E-state index in [1.54, 1.807) is 24.3 Å². The van der Waals surface area contributed by atoms with Gasteiger partial charge in [0.15, 0.2) is 6.61 Å². The Morgan fingerprint density at radius 1 is 1.53 bits per heavy atom. The smallest absolute Gasteiger partial charge is 0.261 e. The zero-order valence-electron chi connectivity index (χ0n) is 11.3. The summed E-state index contributed by atoms with van der Waals surface area (Å²) in [5.41, 5.74) is -0.174. The number of nitrogens with one attached hydrogen (secondary N) is 1. The third-order valence-corrected chi connectivity index (χ3v) is 3.50. The fraction of sp³-hybridized carbons (Fsp3) is 0.500. The summed E-state index contributed by atoms with van der Waals surface area (Å²) < 4.78 is 5.50. The van der Waals surface area contributed by atoms with Crippen molar-refractivity contribution in [1.29, 1.82) is 0 Å². The van der Waals surface area contributed by atoms with E-state index in [9.17, 15) is 4.79 Å². The minimum Gasteiger partial charge on any atom is -0.484 e. The van der Waals surface area contributed by atoms with Gasteiger partial charge in [-0.25, -0.2) is 0 Å². The number of rotatable bonds is 3. The van der Waals surface area contributed by atoms with Crippen molar-refractivity contribution in [1.82, 2.24) is 10.2 Å². The van der Waals surface area contributed by atoms with Crippen molar-refractivity contribution in [3.63, 3.8) is 0 Å². The summed E-state index contributed by atoms with van der Waals surface area (Å²) in [6, 6.07) is 7.08. The van der Waals surface area contributed by atoms with E-state index in [1.165, 1.54) is 0 Å². The molecule has 0 bridgehead atoms. The molecular formula is C14H19ClN2O2. The Balaban J connectivity index is 1.94. The van der Waals surface area contributed by atoms with Gasteiger partial charge >= 0.3 is 0 Å². The molecule has 5 heteroatoms. The largest absolute Gasteiger partial charge is 0.484 e. The van der Waals surface area contributed by atoms with Gasteiger partial charge in [-0.05, 0) is 32.0 Å². The number of hydrogen-bond donors (Lipinski definition) is 1. The monoisotopic (exact) mass is 282 g/mol. The van der Waals surface area contributed by atoms with E-state index in [2.05, 4.69) is 19.2 Å². The number of halogens is 1. The predicted octanol–water partition coefficient (Wildman–Crippen LogP) is 1.93. The van der Waals surface area contributed by atoms with Crippen LogP contribution in [0.4, 0.5) is 0 Å². The van der Waals surface area contributed by atoms with Crippen molar-refractivity contribution >= 4 is 17.5 Å². The summed E-state index contributed by atoms with van der Waals surface area (Å²) in [6.07, 6.45) is 0. The molecule has 0 aliphatic carbocycles. The number of ether oxygens (including phenoxy) is 1. The Hall–Kier alpha value is -1.26. The first-order chi connectivity index (χ1) is 8.99. The van der Waals surface area contributed by atoms with E-state index >= 15 is 0 Å². The lowest BCUT2D eigenvalue weighted by molar-refractivity contribution is -0.139. The molecule has 4 nitrogen and oxygen atoms in total. The average Bonchev–Trinajstić information content (AvgIpc) is 2.35. The molecule has 0 radical (unpaired) electrons. The van der Waals surface area contributed by atoms with Crippen LogP contribution in [-0.4, -0.2) is 42.6 Å². The van der Waals surface area contributed by atoms with Crippen LogP contribution in [0.2, 0.25) is 5.02 Å². The molecule has 0 unspecified atom stereocenters. The molecule has 0 atom stereocenters. The summed E-state index contributed by atoms with van der Waals surface area (Å²) in [5.74, 6) is 0.625. The zero-order chi connectivity index (χ0) is 13.9. The standard InChI is InChI=1S/C14H19ClN2O2/c1-14(2)10-16-6-7-17(14)13(18)9-19-12-5-3-4-11(15)8-12/h3-5,8,16H,6-7,9-10H2,1-2H3. The Morgan fingerprint density at radius 2 is 2.32 bits per heavy atom. The molecule has 1 saturated heterocycles. The molecule has 1 aliphatic heterocycles. The van der Waals surface area contributed by atoms with Crippen LogP contribution in [0, 0.1) is 0 Å². The second-order valence-electron chi connectivity index (χ2n) is 5.28. The molecular weight excluding hydrogens is 264 g/mol. The average molecular weight is 283 g/mol. The molecule has 1 aromatic carbocycles. The lowest BCUT2D eigenvalue weighted by atomic mass is 10.0. The minimum absolute atomic E-state index is 0.00600. The predicted molar refractivity (Wildman–Crippen MR) is 75.6 cm³/mol. The van der Waals surface area contributed by atoms with Gasteiger partial charge in [-0.1, -0.05) is 17.7 Å². The number of hydrogen-bond acceptors (Lipinski definition) is 3. The number of carbonyl (C=O) groups excluding carboxylic acids is 1. The fourth-order valence-corrected chi connectivity index (χ4v) is 2.41. The van der Waals surface area contributed by atoms with Crippen LogP contribution in [0.1, 0.15) is 13.8 Å². The number of amides is 1. The van der Waals surface area contributed by atoms with Gasteiger partial charge in [0.25, 0.3) is 5.91 Å². The first-order valence-electron chi connectivity index (χ1n) is 6.38. The molecule has 0 aromatic heterocycles. The van der Waals surface area contributed by atoms with Crippen LogP contribution in [0.5, 0.6) is 5.75 Å². The summed E-state index contributed by atoms with van der Waals surface area (Å²) >= 11 is 5.87. The first kappa shape index (κ1) is 14.2. The molecule has 19 heavy (non-hydrogen) atoms. The van der Waals surface area contributed by atoms with E-state index in [0.717, 1.165) is 13.1 Å². The zero-order valence-corrected chi connectivity index (χ0v) is 12.0. The summed E-state index contributed by atoms with van der Waals surface area (Å²) in [6.45, 7) is 6.49. The molecule has 0 saturated carbocycles. The lowest BCUT2D eigenvalue weighted by Crippen LogP contribution is -2.60. The van der Waals surface area contributed by atoms with Crippen molar-refractivity contribution in [3.05, 3.63) is 29.3 Å². The molecule has 1 aliphatic rings. The third-order valence-electron chi connectivity index (χ3n) is 3.26. The van der Waals surface area contributed by atoms with Gasteiger partial charge < -0.3 is 15.0 Å². The molecule has 0 spiro atoms. The maximum absolute atomic E-state index is 12.2. The van der Waals surface area contributed by atoms with Crippen LogP contribution >= 0.6 is 11.6 Å². The van der Waals surface area contributed by atoms with Crippen molar-refractivity contribution in [2.45, 2.75) is 19.4 Å². The molecule has 104 valence electrons. The number of nitrogens with zero attached hydrogens (tertiary/aromatic N) is 1. The highest BCUT2D eigenvalue weighted by molar-refractivity contribution is 6.30. The van der Waals surface area contributed by atoms with Gasteiger partial charge in [0.05, 0.1) is 0 Å². The minimum atomic E-state index is -0.174. The molecule has 1 heterocycles. The second-order valence-corrected chi connectivity index (χ2v) is 5.72. The Kier molecular flexibility index (Phi) is 4.32. The van der Waals surface area contributed by atoms with Crippen LogP contribution in [0.3, 0.4) is 0 Å². The Bertz CT molecular complexity index is 463. The van der Waals surface area contributed by atoms with E-state index in [-0.39, 0.29) is 18.1 Å². The highest BCUT2D eigenvalue weighted by Gasteiger charge is 2.33. The molecule has 1 aromatic rings. The molecule has 2 rings (SSSR count). The third kappa shape index (κ3) is 3.61. The second kappa shape index (κ2) is 5.80. The Morgan fingerprint density at radius 3 is 3.00 bits per heavy atom. The van der Waals surface area contributed by atoms with Gasteiger partial charge in [-0.15, -0.1) is 0 Å².